The Labute approximate surface area is 114 Å². The Morgan fingerprint density at radius 2 is 2.10 bits per heavy atom. The Morgan fingerprint density at radius 1 is 1.25 bits per heavy atom. The standard InChI is InChI=1S/C14H12N4O2/c1-9(19)18(14-6-10(15)4-5-16-14)11-2-3-12-13(7-11)20-8-17-12/h2-8H,1H3,(H2,15,16). The number of aromatic nitrogens is 2. The summed E-state index contributed by atoms with van der Waals surface area (Å²) >= 11 is 0. The highest BCUT2D eigenvalue weighted by molar-refractivity contribution is 5.99. The van der Waals surface area contributed by atoms with Crippen molar-refractivity contribution < 1.29 is 9.21 Å². The van der Waals surface area contributed by atoms with E-state index in [9.17, 15) is 4.79 Å². The van der Waals surface area contributed by atoms with Gasteiger partial charge in [-0.1, -0.05) is 0 Å². The number of fused-ring (bicyclic) bond motifs is 1. The van der Waals surface area contributed by atoms with Gasteiger partial charge in [-0.3, -0.25) is 9.69 Å². The molecule has 0 fully saturated rings. The Kier molecular flexibility index (Phi) is 2.83. The third kappa shape index (κ3) is 2.07. The first-order valence-electron chi connectivity index (χ1n) is 6.00. The van der Waals surface area contributed by atoms with Crippen LogP contribution in [0.15, 0.2) is 47.3 Å². The van der Waals surface area contributed by atoms with Gasteiger partial charge in [-0.05, 0) is 18.2 Å². The number of amides is 1. The number of carbonyl (C=O) groups is 1. The molecule has 0 unspecified atom stereocenters. The van der Waals surface area contributed by atoms with Crippen LogP contribution >= 0.6 is 0 Å². The van der Waals surface area contributed by atoms with E-state index in [-0.39, 0.29) is 5.91 Å². The molecule has 0 atom stereocenters. The van der Waals surface area contributed by atoms with Crippen LogP contribution in [0.5, 0.6) is 0 Å². The quantitative estimate of drug-likeness (QED) is 0.771. The number of benzene rings is 1. The van der Waals surface area contributed by atoms with Gasteiger partial charge < -0.3 is 10.2 Å². The van der Waals surface area contributed by atoms with Crippen molar-refractivity contribution in [3.63, 3.8) is 0 Å². The van der Waals surface area contributed by atoms with Gasteiger partial charge in [0.25, 0.3) is 0 Å². The lowest BCUT2D eigenvalue weighted by Gasteiger charge is -2.20. The third-order valence-corrected chi connectivity index (χ3v) is 2.89. The van der Waals surface area contributed by atoms with E-state index in [1.807, 2.05) is 0 Å². The van der Waals surface area contributed by atoms with Crippen LogP contribution in [0, 0.1) is 0 Å². The molecular formula is C14H12N4O2. The summed E-state index contributed by atoms with van der Waals surface area (Å²) in [6, 6.07) is 8.63. The molecule has 1 aromatic carbocycles. The second-order valence-corrected chi connectivity index (χ2v) is 4.31. The smallest absolute Gasteiger partial charge is 0.229 e. The fraction of sp³-hybridized carbons (Fsp3) is 0.0714. The molecule has 0 saturated carbocycles. The summed E-state index contributed by atoms with van der Waals surface area (Å²) in [4.78, 5) is 21.6. The average molecular weight is 268 g/mol. The summed E-state index contributed by atoms with van der Waals surface area (Å²) in [7, 11) is 0. The third-order valence-electron chi connectivity index (χ3n) is 2.89. The predicted molar refractivity (Wildman–Crippen MR) is 75.5 cm³/mol. The van der Waals surface area contributed by atoms with Crippen LogP contribution in [0.1, 0.15) is 6.92 Å². The van der Waals surface area contributed by atoms with Gasteiger partial charge >= 0.3 is 0 Å². The Balaban J connectivity index is 2.12. The molecule has 20 heavy (non-hydrogen) atoms. The van der Waals surface area contributed by atoms with Gasteiger partial charge in [-0.2, -0.15) is 0 Å². The van der Waals surface area contributed by atoms with Gasteiger partial charge in [0.2, 0.25) is 5.91 Å². The maximum Gasteiger partial charge on any atom is 0.229 e. The van der Waals surface area contributed by atoms with Crippen LogP contribution in [-0.2, 0) is 4.79 Å². The SMILES string of the molecule is CC(=O)N(c1ccc2ncoc2c1)c1cc(N)ccn1. The maximum absolute atomic E-state index is 11.9. The van der Waals surface area contributed by atoms with Crippen molar-refractivity contribution in [2.75, 3.05) is 10.6 Å². The van der Waals surface area contributed by atoms with Crippen LogP contribution in [0.25, 0.3) is 11.1 Å². The number of nitrogens with two attached hydrogens (primary N) is 1. The minimum Gasteiger partial charge on any atom is -0.443 e. The lowest BCUT2D eigenvalue weighted by atomic mass is 10.2. The normalized spacial score (nSPS) is 10.7. The molecule has 6 heteroatoms. The monoisotopic (exact) mass is 268 g/mol. The molecule has 0 aliphatic carbocycles. The van der Waals surface area contributed by atoms with Gasteiger partial charge in [-0.15, -0.1) is 0 Å². The molecule has 0 radical (unpaired) electrons. The molecule has 6 nitrogen and oxygen atoms in total. The first kappa shape index (κ1) is 12.2. The molecule has 0 saturated heterocycles. The Bertz CT molecular complexity index is 781. The summed E-state index contributed by atoms with van der Waals surface area (Å²) in [5, 5.41) is 0. The number of rotatable bonds is 2. The lowest BCUT2D eigenvalue weighted by molar-refractivity contribution is -0.115. The van der Waals surface area contributed by atoms with Crippen LogP contribution in [0.3, 0.4) is 0 Å². The van der Waals surface area contributed by atoms with Crippen molar-refractivity contribution in [3.8, 4) is 0 Å². The van der Waals surface area contributed by atoms with Gasteiger partial charge in [-0.25, -0.2) is 9.97 Å². The van der Waals surface area contributed by atoms with E-state index in [1.165, 1.54) is 18.2 Å². The molecule has 2 aromatic heterocycles. The molecule has 0 aliphatic heterocycles. The number of nitrogen functional groups attached to an aromatic ring is 1. The van der Waals surface area contributed by atoms with Crippen LogP contribution in [-0.4, -0.2) is 15.9 Å². The number of oxazole rings is 1. The van der Waals surface area contributed by atoms with E-state index in [0.717, 1.165) is 5.52 Å². The number of anilines is 3. The minimum atomic E-state index is -0.165. The maximum atomic E-state index is 11.9. The first-order chi connectivity index (χ1) is 9.65. The first-order valence-corrected chi connectivity index (χ1v) is 6.00. The zero-order valence-electron chi connectivity index (χ0n) is 10.8. The molecule has 1 amide bonds. The van der Waals surface area contributed by atoms with E-state index in [2.05, 4.69) is 9.97 Å². The highest BCUT2D eigenvalue weighted by Gasteiger charge is 2.16. The zero-order chi connectivity index (χ0) is 14.1. The average Bonchev–Trinajstić information content (AvgIpc) is 2.86. The van der Waals surface area contributed by atoms with Crippen molar-refractivity contribution in [1.82, 2.24) is 9.97 Å². The number of pyridine rings is 1. The molecular weight excluding hydrogens is 256 g/mol. The Hall–Kier alpha value is -2.89. The Morgan fingerprint density at radius 3 is 2.85 bits per heavy atom. The van der Waals surface area contributed by atoms with Crippen molar-refractivity contribution in [2.45, 2.75) is 6.92 Å². The van der Waals surface area contributed by atoms with E-state index < -0.39 is 0 Å². The second-order valence-electron chi connectivity index (χ2n) is 4.31. The van der Waals surface area contributed by atoms with Gasteiger partial charge in [0.05, 0.1) is 5.69 Å². The molecule has 3 rings (SSSR count). The van der Waals surface area contributed by atoms with Crippen LogP contribution in [0.4, 0.5) is 17.2 Å². The topological polar surface area (TPSA) is 85.2 Å². The molecule has 0 bridgehead atoms. The summed E-state index contributed by atoms with van der Waals surface area (Å²) in [6.45, 7) is 1.47. The van der Waals surface area contributed by atoms with Gasteiger partial charge in [0, 0.05) is 30.9 Å². The largest absolute Gasteiger partial charge is 0.443 e. The number of carbonyl (C=O) groups excluding carboxylic acids is 1. The summed E-state index contributed by atoms with van der Waals surface area (Å²) in [5.41, 5.74) is 8.28. The molecule has 2 heterocycles. The minimum absolute atomic E-state index is 0.165. The van der Waals surface area contributed by atoms with Crippen molar-refractivity contribution in [1.29, 1.82) is 0 Å². The predicted octanol–water partition coefficient (Wildman–Crippen LogP) is 2.49. The van der Waals surface area contributed by atoms with E-state index >= 15 is 0 Å². The van der Waals surface area contributed by atoms with Crippen LogP contribution < -0.4 is 10.6 Å². The van der Waals surface area contributed by atoms with Gasteiger partial charge in [0.1, 0.15) is 11.3 Å². The molecule has 0 spiro atoms. The van der Waals surface area contributed by atoms with Crippen molar-refractivity contribution in [2.24, 2.45) is 0 Å². The summed E-state index contributed by atoms with van der Waals surface area (Å²) < 4.78 is 5.25. The van der Waals surface area contributed by atoms with Crippen LogP contribution in [0.2, 0.25) is 0 Å². The van der Waals surface area contributed by atoms with E-state index in [1.54, 1.807) is 36.5 Å². The van der Waals surface area contributed by atoms with E-state index in [0.29, 0.717) is 22.8 Å². The second kappa shape index (κ2) is 4.65. The summed E-state index contributed by atoms with van der Waals surface area (Å²) in [5.74, 6) is 0.304. The number of nitrogens with zero attached hydrogens (tertiary/aromatic N) is 3. The fourth-order valence-electron chi connectivity index (χ4n) is 2.01. The number of hydrogen-bond acceptors (Lipinski definition) is 5. The highest BCUT2D eigenvalue weighted by Crippen LogP contribution is 2.27. The number of hydrogen-bond donors (Lipinski definition) is 1. The fourth-order valence-corrected chi connectivity index (χ4v) is 2.01. The van der Waals surface area contributed by atoms with Crippen molar-refractivity contribution in [3.05, 3.63) is 42.9 Å². The zero-order valence-corrected chi connectivity index (χ0v) is 10.8. The van der Waals surface area contributed by atoms with E-state index in [4.69, 9.17) is 10.2 Å². The molecule has 100 valence electrons. The highest BCUT2D eigenvalue weighted by atomic mass is 16.3. The summed E-state index contributed by atoms with van der Waals surface area (Å²) in [6.07, 6.45) is 2.93. The molecule has 0 aliphatic rings. The lowest BCUT2D eigenvalue weighted by Crippen LogP contribution is -2.23. The van der Waals surface area contributed by atoms with Crippen molar-refractivity contribution >= 4 is 34.2 Å². The van der Waals surface area contributed by atoms with Gasteiger partial charge in [0.15, 0.2) is 12.0 Å². The molecule has 2 N–H and O–H groups in total. The molecule has 3 aromatic rings.